The molecule has 0 fully saturated rings. The summed E-state index contributed by atoms with van der Waals surface area (Å²) in [6.07, 6.45) is 1.71. The number of Topliss-reactive ketones (excluding diaryl/α,β-unsaturated/α-hetero) is 1. The standard InChI is InChI=1S/C17H21N3O3/c1-4-23-17(22)16-11(2)15(12(3)20-16)14(21)10-18-9-13-7-5-6-8-19-13/h5-8,18,20H,4,9-10H2,1-3H3. The van der Waals surface area contributed by atoms with E-state index in [1.165, 1.54) is 0 Å². The fourth-order valence-electron chi connectivity index (χ4n) is 2.47. The Morgan fingerprint density at radius 2 is 2.09 bits per heavy atom. The van der Waals surface area contributed by atoms with Crippen molar-refractivity contribution in [1.29, 1.82) is 0 Å². The number of nitrogens with one attached hydrogen (secondary N) is 2. The lowest BCUT2D eigenvalue weighted by molar-refractivity contribution is 0.0519. The Morgan fingerprint density at radius 1 is 1.30 bits per heavy atom. The van der Waals surface area contributed by atoms with Crippen LogP contribution in [0.1, 0.15) is 44.7 Å². The maximum absolute atomic E-state index is 12.4. The summed E-state index contributed by atoms with van der Waals surface area (Å²) >= 11 is 0. The average Bonchev–Trinajstić information content (AvgIpc) is 2.83. The maximum atomic E-state index is 12.4. The molecule has 0 spiro atoms. The van der Waals surface area contributed by atoms with Gasteiger partial charge in [-0.3, -0.25) is 9.78 Å². The van der Waals surface area contributed by atoms with E-state index in [0.717, 1.165) is 5.69 Å². The van der Waals surface area contributed by atoms with Crippen molar-refractivity contribution in [2.45, 2.75) is 27.3 Å². The number of pyridine rings is 1. The van der Waals surface area contributed by atoms with Crippen molar-refractivity contribution in [3.8, 4) is 0 Å². The molecule has 2 rings (SSSR count). The Kier molecular flexibility index (Phi) is 5.65. The first kappa shape index (κ1) is 16.9. The molecule has 0 atom stereocenters. The lowest BCUT2D eigenvalue weighted by atomic mass is 10.1. The molecule has 0 bridgehead atoms. The van der Waals surface area contributed by atoms with E-state index in [1.807, 2.05) is 18.2 Å². The number of carbonyl (C=O) groups is 2. The monoisotopic (exact) mass is 315 g/mol. The Bertz CT molecular complexity index is 693. The van der Waals surface area contributed by atoms with Gasteiger partial charge in [-0.1, -0.05) is 6.07 Å². The molecule has 6 heteroatoms. The lowest BCUT2D eigenvalue weighted by Crippen LogP contribution is -2.23. The summed E-state index contributed by atoms with van der Waals surface area (Å²) in [6.45, 7) is 6.27. The minimum atomic E-state index is -0.436. The summed E-state index contributed by atoms with van der Waals surface area (Å²) in [5.74, 6) is -0.503. The van der Waals surface area contributed by atoms with Crippen LogP contribution in [0.2, 0.25) is 0 Å². The van der Waals surface area contributed by atoms with Gasteiger partial charge in [0, 0.05) is 24.0 Å². The zero-order valence-corrected chi connectivity index (χ0v) is 13.6. The summed E-state index contributed by atoms with van der Waals surface area (Å²) < 4.78 is 4.99. The number of carbonyl (C=O) groups excluding carboxylic acids is 2. The maximum Gasteiger partial charge on any atom is 0.355 e. The molecule has 0 unspecified atom stereocenters. The number of esters is 1. The van der Waals surface area contributed by atoms with Crippen LogP contribution in [0, 0.1) is 13.8 Å². The number of aryl methyl sites for hydroxylation is 1. The Labute approximate surface area is 135 Å². The molecular formula is C17H21N3O3. The second-order valence-electron chi connectivity index (χ2n) is 5.19. The van der Waals surface area contributed by atoms with Crippen LogP contribution in [0.4, 0.5) is 0 Å². The second kappa shape index (κ2) is 7.69. The van der Waals surface area contributed by atoms with Crippen LogP contribution >= 0.6 is 0 Å². The number of hydrogen-bond donors (Lipinski definition) is 2. The molecule has 0 radical (unpaired) electrons. The van der Waals surface area contributed by atoms with Crippen LogP contribution in [-0.2, 0) is 11.3 Å². The molecule has 2 N–H and O–H groups in total. The molecule has 0 aromatic carbocycles. The average molecular weight is 315 g/mol. The quantitative estimate of drug-likeness (QED) is 0.604. The van der Waals surface area contributed by atoms with E-state index in [2.05, 4.69) is 15.3 Å². The number of H-pyrrole nitrogens is 1. The number of aromatic nitrogens is 2. The number of rotatable bonds is 7. The van der Waals surface area contributed by atoms with Crippen LogP contribution in [0.5, 0.6) is 0 Å². The number of ether oxygens (including phenoxy) is 1. The number of hydrogen-bond acceptors (Lipinski definition) is 5. The highest BCUT2D eigenvalue weighted by molar-refractivity contribution is 6.03. The van der Waals surface area contributed by atoms with Gasteiger partial charge in [-0.15, -0.1) is 0 Å². The van der Waals surface area contributed by atoms with Crippen molar-refractivity contribution in [1.82, 2.24) is 15.3 Å². The van der Waals surface area contributed by atoms with Gasteiger partial charge in [0.15, 0.2) is 5.78 Å². The van der Waals surface area contributed by atoms with Crippen LogP contribution in [0.3, 0.4) is 0 Å². The Balaban J connectivity index is 2.03. The fraction of sp³-hybridized carbons (Fsp3) is 0.353. The van der Waals surface area contributed by atoms with Gasteiger partial charge in [0.1, 0.15) is 5.69 Å². The first-order chi connectivity index (χ1) is 11.0. The molecule has 0 amide bonds. The molecule has 0 saturated heterocycles. The first-order valence-corrected chi connectivity index (χ1v) is 7.54. The molecule has 0 aliphatic rings. The summed E-state index contributed by atoms with van der Waals surface area (Å²) in [6, 6.07) is 5.64. The van der Waals surface area contributed by atoms with E-state index < -0.39 is 5.97 Å². The Hall–Kier alpha value is -2.47. The minimum Gasteiger partial charge on any atom is -0.461 e. The zero-order valence-electron chi connectivity index (χ0n) is 13.6. The molecule has 6 nitrogen and oxygen atoms in total. The van der Waals surface area contributed by atoms with Crippen molar-refractivity contribution < 1.29 is 14.3 Å². The number of nitrogens with zero attached hydrogens (tertiary/aromatic N) is 1. The lowest BCUT2D eigenvalue weighted by Gasteiger charge is -2.05. The second-order valence-corrected chi connectivity index (χ2v) is 5.19. The third kappa shape index (κ3) is 4.04. The van der Waals surface area contributed by atoms with Gasteiger partial charge in [0.05, 0.1) is 18.8 Å². The van der Waals surface area contributed by atoms with Gasteiger partial charge in [0.25, 0.3) is 0 Å². The van der Waals surface area contributed by atoms with Crippen molar-refractivity contribution >= 4 is 11.8 Å². The first-order valence-electron chi connectivity index (χ1n) is 7.54. The third-order valence-corrected chi connectivity index (χ3v) is 3.51. The molecule has 23 heavy (non-hydrogen) atoms. The van der Waals surface area contributed by atoms with E-state index in [9.17, 15) is 9.59 Å². The largest absolute Gasteiger partial charge is 0.461 e. The highest BCUT2D eigenvalue weighted by atomic mass is 16.5. The number of ketones is 1. The summed E-state index contributed by atoms with van der Waals surface area (Å²) in [7, 11) is 0. The van der Waals surface area contributed by atoms with Gasteiger partial charge in [-0.05, 0) is 38.5 Å². The van der Waals surface area contributed by atoms with Crippen LogP contribution in [0.15, 0.2) is 24.4 Å². The van der Waals surface area contributed by atoms with Crippen LogP contribution in [-0.4, -0.2) is 34.9 Å². The normalized spacial score (nSPS) is 10.6. The molecule has 2 aromatic heterocycles. The van der Waals surface area contributed by atoms with Crippen LogP contribution < -0.4 is 5.32 Å². The van der Waals surface area contributed by atoms with Crippen molar-refractivity contribution in [2.24, 2.45) is 0 Å². The van der Waals surface area contributed by atoms with Crippen molar-refractivity contribution in [3.05, 3.63) is 52.6 Å². The van der Waals surface area contributed by atoms with E-state index in [-0.39, 0.29) is 12.3 Å². The predicted octanol–water partition coefficient (Wildman–Crippen LogP) is 2.18. The van der Waals surface area contributed by atoms with E-state index in [4.69, 9.17) is 4.74 Å². The summed E-state index contributed by atoms with van der Waals surface area (Å²) in [5, 5.41) is 3.08. The van der Waals surface area contributed by atoms with Gasteiger partial charge >= 0.3 is 5.97 Å². The molecule has 122 valence electrons. The molecule has 2 aromatic rings. The molecule has 2 heterocycles. The van der Waals surface area contributed by atoms with E-state index in [0.29, 0.717) is 35.7 Å². The smallest absolute Gasteiger partial charge is 0.355 e. The molecule has 0 aliphatic carbocycles. The number of aromatic amines is 1. The SMILES string of the molecule is CCOC(=O)c1[nH]c(C)c(C(=O)CNCc2ccccn2)c1C. The van der Waals surface area contributed by atoms with Gasteiger partial charge in [0.2, 0.25) is 0 Å². The highest BCUT2D eigenvalue weighted by Gasteiger charge is 2.22. The minimum absolute atomic E-state index is 0.0669. The van der Waals surface area contributed by atoms with Gasteiger partial charge in [-0.25, -0.2) is 4.79 Å². The van der Waals surface area contributed by atoms with E-state index in [1.54, 1.807) is 27.0 Å². The van der Waals surface area contributed by atoms with E-state index >= 15 is 0 Å². The summed E-state index contributed by atoms with van der Waals surface area (Å²) in [5.41, 5.74) is 3.06. The van der Waals surface area contributed by atoms with Gasteiger partial charge in [-0.2, -0.15) is 0 Å². The Morgan fingerprint density at radius 3 is 2.74 bits per heavy atom. The highest BCUT2D eigenvalue weighted by Crippen LogP contribution is 2.19. The topological polar surface area (TPSA) is 84.1 Å². The van der Waals surface area contributed by atoms with Gasteiger partial charge < -0.3 is 15.0 Å². The predicted molar refractivity (Wildman–Crippen MR) is 86.5 cm³/mol. The van der Waals surface area contributed by atoms with Crippen molar-refractivity contribution in [2.75, 3.05) is 13.2 Å². The third-order valence-electron chi connectivity index (χ3n) is 3.51. The van der Waals surface area contributed by atoms with Crippen molar-refractivity contribution in [3.63, 3.8) is 0 Å². The fourth-order valence-corrected chi connectivity index (χ4v) is 2.47. The summed E-state index contributed by atoms with van der Waals surface area (Å²) in [4.78, 5) is 31.4. The zero-order chi connectivity index (χ0) is 16.8. The molecule has 0 saturated carbocycles. The molecule has 0 aliphatic heterocycles. The van der Waals surface area contributed by atoms with Crippen LogP contribution in [0.25, 0.3) is 0 Å². The molecular weight excluding hydrogens is 294 g/mol.